The van der Waals surface area contributed by atoms with Gasteiger partial charge in [-0.3, -0.25) is 4.79 Å². The number of aromatic nitrogens is 1. The Hall–Kier alpha value is -1.85. The molecule has 0 fully saturated rings. The molecule has 0 spiro atoms. The van der Waals surface area contributed by atoms with E-state index in [1.54, 1.807) is 0 Å². The summed E-state index contributed by atoms with van der Waals surface area (Å²) >= 11 is 6.16. The van der Waals surface area contributed by atoms with E-state index in [0.29, 0.717) is 17.5 Å². The Bertz CT molecular complexity index is 729. The first-order valence-corrected chi connectivity index (χ1v) is 9.43. The molecule has 0 aliphatic carbocycles. The van der Waals surface area contributed by atoms with Crippen molar-refractivity contribution < 1.29 is 9.53 Å². The third-order valence-corrected chi connectivity index (χ3v) is 4.23. The maximum atomic E-state index is 11.7. The third-order valence-electron chi connectivity index (χ3n) is 3.92. The number of nitrogens with zero attached hydrogens (tertiary/aromatic N) is 1. The largest absolute Gasteiger partial charge is 0.476 e. The maximum absolute atomic E-state index is 11.7. The summed E-state index contributed by atoms with van der Waals surface area (Å²) in [7, 11) is 0. The summed E-state index contributed by atoms with van der Waals surface area (Å²) in [4.78, 5) is 16.2. The molecule has 0 radical (unpaired) electrons. The van der Waals surface area contributed by atoms with E-state index in [-0.39, 0.29) is 11.3 Å². The Labute approximate surface area is 160 Å². The minimum Gasteiger partial charge on any atom is -0.476 e. The molecule has 0 saturated carbocycles. The Morgan fingerprint density at radius 3 is 2.65 bits per heavy atom. The number of carbonyl (C=O) groups is 1. The molecule has 1 aromatic heterocycles. The molecule has 142 valence electrons. The molecule has 26 heavy (non-hydrogen) atoms. The van der Waals surface area contributed by atoms with Gasteiger partial charge in [0.2, 0.25) is 11.8 Å². The van der Waals surface area contributed by atoms with Gasteiger partial charge in [-0.1, -0.05) is 44.5 Å². The van der Waals surface area contributed by atoms with Crippen LogP contribution in [-0.4, -0.2) is 37.1 Å². The lowest BCUT2D eigenvalue weighted by molar-refractivity contribution is -0.128. The second kappa shape index (κ2) is 9.74. The molecular weight excluding hydrogens is 350 g/mol. The van der Waals surface area contributed by atoms with E-state index < -0.39 is 0 Å². The summed E-state index contributed by atoms with van der Waals surface area (Å²) in [6.45, 7) is 8.66. The number of nitrogens with one attached hydrogen (secondary N) is 2. The first-order chi connectivity index (χ1) is 12.4. The second-order valence-electron chi connectivity index (χ2n) is 7.27. The minimum absolute atomic E-state index is 0.0989. The molecular formula is C20H28ClN3O2. The highest BCUT2D eigenvalue weighted by Crippen LogP contribution is 2.23. The summed E-state index contributed by atoms with van der Waals surface area (Å²) in [5, 5.41) is 7.92. The van der Waals surface area contributed by atoms with Crippen LogP contribution >= 0.6 is 11.6 Å². The summed E-state index contributed by atoms with van der Waals surface area (Å²) in [5.41, 5.74) is 0.438. The molecule has 2 rings (SSSR count). The lowest BCUT2D eigenvalue weighted by atomic mass is 9.96. The number of carbonyl (C=O) groups excluding carboxylic acids is 1. The molecule has 6 heteroatoms. The van der Waals surface area contributed by atoms with Crippen LogP contribution in [-0.2, 0) is 4.79 Å². The van der Waals surface area contributed by atoms with Crippen LogP contribution < -0.4 is 15.4 Å². The summed E-state index contributed by atoms with van der Waals surface area (Å²) in [6, 6.07) is 9.53. The fourth-order valence-corrected chi connectivity index (χ4v) is 2.59. The van der Waals surface area contributed by atoms with Crippen LogP contribution in [0.15, 0.2) is 30.3 Å². The van der Waals surface area contributed by atoms with E-state index in [1.807, 2.05) is 51.1 Å². The van der Waals surface area contributed by atoms with Gasteiger partial charge < -0.3 is 15.4 Å². The number of halogens is 1. The smallest absolute Gasteiger partial charge is 0.225 e. The first kappa shape index (κ1) is 20.5. The monoisotopic (exact) mass is 377 g/mol. The van der Waals surface area contributed by atoms with Crippen molar-refractivity contribution in [1.29, 1.82) is 0 Å². The van der Waals surface area contributed by atoms with Gasteiger partial charge in [0.25, 0.3) is 0 Å². The molecule has 0 bridgehead atoms. The molecule has 0 unspecified atom stereocenters. The van der Waals surface area contributed by atoms with E-state index in [2.05, 4.69) is 15.6 Å². The number of rotatable bonds is 9. The Kier molecular flexibility index (Phi) is 7.66. The van der Waals surface area contributed by atoms with Crippen molar-refractivity contribution in [3.05, 3.63) is 35.4 Å². The van der Waals surface area contributed by atoms with Crippen molar-refractivity contribution in [2.45, 2.75) is 33.6 Å². The van der Waals surface area contributed by atoms with Gasteiger partial charge in [-0.2, -0.15) is 0 Å². The lowest BCUT2D eigenvalue weighted by Crippen LogP contribution is -2.35. The zero-order valence-electron chi connectivity index (χ0n) is 15.8. The number of amides is 1. The molecule has 1 heterocycles. The molecule has 2 aromatic rings. The molecule has 1 amide bonds. The number of pyridine rings is 1. The van der Waals surface area contributed by atoms with Crippen LogP contribution in [0.1, 0.15) is 33.6 Å². The predicted molar refractivity (Wildman–Crippen MR) is 107 cm³/mol. The molecule has 5 nitrogen and oxygen atoms in total. The highest BCUT2D eigenvalue weighted by atomic mass is 35.5. The van der Waals surface area contributed by atoms with E-state index >= 15 is 0 Å². The van der Waals surface area contributed by atoms with Gasteiger partial charge in [-0.05, 0) is 31.5 Å². The summed E-state index contributed by atoms with van der Waals surface area (Å²) < 4.78 is 5.68. The van der Waals surface area contributed by atoms with Crippen molar-refractivity contribution in [3.63, 3.8) is 0 Å². The third kappa shape index (κ3) is 6.46. The van der Waals surface area contributed by atoms with Crippen LogP contribution in [0, 0.1) is 5.41 Å². The molecule has 0 aliphatic heterocycles. The van der Waals surface area contributed by atoms with Crippen LogP contribution in [0.3, 0.4) is 0 Å². The van der Waals surface area contributed by atoms with Gasteiger partial charge >= 0.3 is 0 Å². The zero-order chi connectivity index (χ0) is 19.0. The Balaban J connectivity index is 1.57. The fourth-order valence-electron chi connectivity index (χ4n) is 2.37. The quantitative estimate of drug-likeness (QED) is 0.652. The summed E-state index contributed by atoms with van der Waals surface area (Å²) in [5.74, 6) is 0.680. The van der Waals surface area contributed by atoms with E-state index in [9.17, 15) is 4.79 Å². The highest BCUT2D eigenvalue weighted by Gasteiger charge is 2.19. The van der Waals surface area contributed by atoms with Crippen LogP contribution in [0.5, 0.6) is 5.88 Å². The second-order valence-corrected chi connectivity index (χ2v) is 7.68. The van der Waals surface area contributed by atoms with Gasteiger partial charge in [-0.25, -0.2) is 4.98 Å². The number of unbranched alkanes of at least 4 members (excludes halogenated alkanes) is 1. The average Bonchev–Trinajstić information content (AvgIpc) is 2.60. The number of fused-ring (bicyclic) bond motifs is 1. The molecule has 0 atom stereocenters. The van der Waals surface area contributed by atoms with Crippen LogP contribution in [0.25, 0.3) is 10.9 Å². The van der Waals surface area contributed by atoms with Crippen LogP contribution in [0.2, 0.25) is 5.02 Å². The average molecular weight is 378 g/mol. The predicted octanol–water partition coefficient (Wildman–Crippen LogP) is 3.80. The molecule has 0 saturated heterocycles. The van der Waals surface area contributed by atoms with Crippen molar-refractivity contribution >= 4 is 28.4 Å². The highest BCUT2D eigenvalue weighted by molar-refractivity contribution is 6.35. The van der Waals surface area contributed by atoms with Gasteiger partial charge in [0.1, 0.15) is 6.61 Å². The van der Waals surface area contributed by atoms with E-state index in [1.165, 1.54) is 0 Å². The van der Waals surface area contributed by atoms with Crippen molar-refractivity contribution in [1.82, 2.24) is 15.6 Å². The molecule has 2 N–H and O–H groups in total. The number of ether oxygens (including phenoxy) is 1. The fraction of sp³-hybridized carbons (Fsp3) is 0.500. The van der Waals surface area contributed by atoms with E-state index in [0.717, 1.165) is 43.4 Å². The van der Waals surface area contributed by atoms with Gasteiger partial charge in [0.05, 0.1) is 10.5 Å². The standard InChI is InChI=1S/C20H28ClN3O2/c1-20(2,3)19(25)23-12-5-4-11-22-13-14-26-17-10-9-15-7-6-8-16(21)18(15)24-17/h6-10,22H,4-5,11-14H2,1-3H3,(H,23,25). The van der Waals surface area contributed by atoms with Gasteiger partial charge in [0, 0.05) is 30.0 Å². The summed E-state index contributed by atoms with van der Waals surface area (Å²) in [6.07, 6.45) is 1.97. The maximum Gasteiger partial charge on any atom is 0.225 e. The Morgan fingerprint density at radius 2 is 1.88 bits per heavy atom. The first-order valence-electron chi connectivity index (χ1n) is 9.05. The lowest BCUT2D eigenvalue weighted by Gasteiger charge is -2.17. The topological polar surface area (TPSA) is 63.2 Å². The molecule has 1 aromatic carbocycles. The minimum atomic E-state index is -0.323. The molecule has 0 aliphatic rings. The number of hydrogen-bond donors (Lipinski definition) is 2. The van der Waals surface area contributed by atoms with Crippen molar-refractivity contribution in [2.75, 3.05) is 26.2 Å². The normalized spacial score (nSPS) is 11.5. The number of hydrogen-bond acceptors (Lipinski definition) is 4. The SMILES string of the molecule is CC(C)(C)C(=O)NCCCCNCCOc1ccc2cccc(Cl)c2n1. The zero-order valence-corrected chi connectivity index (χ0v) is 16.5. The van der Waals surface area contributed by atoms with E-state index in [4.69, 9.17) is 16.3 Å². The Morgan fingerprint density at radius 1 is 1.12 bits per heavy atom. The number of benzene rings is 1. The van der Waals surface area contributed by atoms with Crippen molar-refractivity contribution in [2.24, 2.45) is 5.41 Å². The van der Waals surface area contributed by atoms with Gasteiger partial charge in [0.15, 0.2) is 0 Å². The van der Waals surface area contributed by atoms with Gasteiger partial charge in [-0.15, -0.1) is 0 Å². The van der Waals surface area contributed by atoms with Crippen molar-refractivity contribution in [3.8, 4) is 5.88 Å². The number of para-hydroxylation sites is 1. The van der Waals surface area contributed by atoms with Crippen LogP contribution in [0.4, 0.5) is 0 Å².